The van der Waals surface area contributed by atoms with Gasteiger partial charge >= 0.3 is 0 Å². The van der Waals surface area contributed by atoms with Crippen molar-refractivity contribution in [3.05, 3.63) is 74.6 Å². The predicted octanol–water partition coefficient (Wildman–Crippen LogP) is 4.58. The number of aryl methyl sites for hydroxylation is 1. The van der Waals surface area contributed by atoms with Crippen molar-refractivity contribution in [2.24, 2.45) is 0 Å². The molecular weight excluding hydrogens is 415 g/mol. The van der Waals surface area contributed by atoms with Gasteiger partial charge in [-0.05, 0) is 49.4 Å². The van der Waals surface area contributed by atoms with Crippen molar-refractivity contribution in [1.82, 2.24) is 14.8 Å². The van der Waals surface area contributed by atoms with Crippen LogP contribution in [0.5, 0.6) is 0 Å². The van der Waals surface area contributed by atoms with Gasteiger partial charge < -0.3 is 0 Å². The van der Waals surface area contributed by atoms with E-state index >= 15 is 0 Å². The Labute approximate surface area is 173 Å². The van der Waals surface area contributed by atoms with Gasteiger partial charge in [0, 0.05) is 22.5 Å². The van der Waals surface area contributed by atoms with Gasteiger partial charge in [0.05, 0.1) is 16.6 Å². The maximum Gasteiger partial charge on any atom is 0.281 e. The van der Waals surface area contributed by atoms with Crippen molar-refractivity contribution < 1.29 is 9.18 Å². The first-order chi connectivity index (χ1) is 14.0. The molecule has 1 amide bonds. The molecule has 0 radical (unpaired) electrons. The van der Waals surface area contributed by atoms with Crippen LogP contribution in [0, 0.1) is 5.82 Å². The van der Waals surface area contributed by atoms with E-state index in [1.54, 1.807) is 34.3 Å². The lowest BCUT2D eigenvalue weighted by Crippen LogP contribution is -2.27. The summed E-state index contributed by atoms with van der Waals surface area (Å²) in [5, 5.41) is 9.59. The quantitative estimate of drug-likeness (QED) is 0.516. The molecule has 0 atom stereocenters. The number of hydrogen-bond donors (Lipinski definition) is 1. The molecule has 6 nitrogen and oxygen atoms in total. The van der Waals surface area contributed by atoms with Crippen LogP contribution in [0.15, 0.2) is 52.6 Å². The molecule has 0 fully saturated rings. The second-order valence-electron chi connectivity index (χ2n) is 6.15. The lowest BCUT2D eigenvalue weighted by atomic mass is 10.2. The zero-order valence-electron chi connectivity index (χ0n) is 15.1. The van der Waals surface area contributed by atoms with Gasteiger partial charge in [0.2, 0.25) is 5.43 Å². The van der Waals surface area contributed by atoms with Crippen molar-refractivity contribution >= 4 is 44.9 Å². The van der Waals surface area contributed by atoms with Crippen LogP contribution in [0.2, 0.25) is 5.02 Å². The standard InChI is InChI=1S/C20H14ClFN4O2S/c1-2-26-16-8-5-12(21)9-14(16)18(27)17(25-26)19(28)24-20-23-15(10-29-20)11-3-6-13(22)7-4-11/h3-10H,2H2,1H3,(H,23,24,28). The molecule has 0 saturated heterocycles. The third-order valence-electron chi connectivity index (χ3n) is 4.30. The van der Waals surface area contributed by atoms with E-state index in [9.17, 15) is 14.0 Å². The number of carbonyl (C=O) groups excluding carboxylic acids is 1. The van der Waals surface area contributed by atoms with Crippen molar-refractivity contribution in [3.8, 4) is 11.3 Å². The number of nitrogens with one attached hydrogen (secondary N) is 1. The van der Waals surface area contributed by atoms with Crippen LogP contribution in [0.25, 0.3) is 22.2 Å². The number of benzene rings is 2. The molecule has 2 heterocycles. The number of carbonyl (C=O) groups is 1. The van der Waals surface area contributed by atoms with E-state index in [-0.39, 0.29) is 11.5 Å². The summed E-state index contributed by atoms with van der Waals surface area (Å²) in [7, 11) is 0. The number of aromatic nitrogens is 3. The molecule has 0 bridgehead atoms. The minimum Gasteiger partial charge on any atom is -0.296 e. The van der Waals surface area contributed by atoms with E-state index < -0.39 is 11.3 Å². The van der Waals surface area contributed by atoms with Gasteiger partial charge in [-0.15, -0.1) is 11.3 Å². The Bertz CT molecular complexity index is 1280. The second kappa shape index (κ2) is 7.73. The molecule has 146 valence electrons. The Kier molecular flexibility index (Phi) is 5.12. The Morgan fingerprint density at radius 3 is 2.72 bits per heavy atom. The summed E-state index contributed by atoms with van der Waals surface area (Å²) in [6.45, 7) is 2.34. The summed E-state index contributed by atoms with van der Waals surface area (Å²) >= 11 is 7.22. The maximum atomic E-state index is 13.1. The summed E-state index contributed by atoms with van der Waals surface area (Å²) in [5.41, 5.74) is 1.18. The fourth-order valence-corrected chi connectivity index (χ4v) is 3.78. The fraction of sp³-hybridized carbons (Fsp3) is 0.100. The zero-order chi connectivity index (χ0) is 20.5. The molecule has 0 aliphatic rings. The van der Waals surface area contributed by atoms with Crippen LogP contribution in [-0.2, 0) is 6.54 Å². The van der Waals surface area contributed by atoms with Crippen LogP contribution >= 0.6 is 22.9 Å². The van der Waals surface area contributed by atoms with E-state index in [1.165, 1.54) is 29.5 Å². The van der Waals surface area contributed by atoms with E-state index in [0.717, 1.165) is 5.56 Å². The van der Waals surface area contributed by atoms with Gasteiger partial charge in [0.1, 0.15) is 5.82 Å². The predicted molar refractivity (Wildman–Crippen MR) is 112 cm³/mol. The molecule has 4 aromatic rings. The molecule has 0 saturated carbocycles. The number of rotatable bonds is 4. The molecule has 1 N–H and O–H groups in total. The number of thiazole rings is 1. The van der Waals surface area contributed by atoms with E-state index in [2.05, 4.69) is 15.4 Å². The van der Waals surface area contributed by atoms with E-state index in [4.69, 9.17) is 11.6 Å². The molecule has 2 aromatic heterocycles. The van der Waals surface area contributed by atoms with Crippen molar-refractivity contribution in [3.63, 3.8) is 0 Å². The molecule has 0 unspecified atom stereocenters. The van der Waals surface area contributed by atoms with Gasteiger partial charge in [0.15, 0.2) is 10.8 Å². The van der Waals surface area contributed by atoms with Gasteiger partial charge in [0.25, 0.3) is 5.91 Å². The Balaban J connectivity index is 1.67. The molecule has 0 spiro atoms. The molecule has 0 aliphatic carbocycles. The minimum absolute atomic E-state index is 0.236. The molecular formula is C20H14ClFN4O2S. The average molecular weight is 429 g/mol. The minimum atomic E-state index is -0.654. The smallest absolute Gasteiger partial charge is 0.281 e. The lowest BCUT2D eigenvalue weighted by molar-refractivity contribution is 0.101. The SMILES string of the molecule is CCn1nc(C(=O)Nc2nc(-c3ccc(F)cc3)cs2)c(=O)c2cc(Cl)ccc21. The number of amides is 1. The highest BCUT2D eigenvalue weighted by molar-refractivity contribution is 7.14. The van der Waals surface area contributed by atoms with Crippen molar-refractivity contribution in [2.75, 3.05) is 5.32 Å². The molecule has 29 heavy (non-hydrogen) atoms. The van der Waals surface area contributed by atoms with Crippen molar-refractivity contribution in [1.29, 1.82) is 0 Å². The van der Waals surface area contributed by atoms with Crippen LogP contribution in [0.3, 0.4) is 0 Å². The first-order valence-electron chi connectivity index (χ1n) is 8.69. The first kappa shape index (κ1) is 19.2. The largest absolute Gasteiger partial charge is 0.296 e. The van der Waals surface area contributed by atoms with Gasteiger partial charge in [-0.1, -0.05) is 11.6 Å². The lowest BCUT2D eigenvalue weighted by Gasteiger charge is -2.10. The van der Waals surface area contributed by atoms with Crippen LogP contribution in [-0.4, -0.2) is 20.7 Å². The van der Waals surface area contributed by atoms with Crippen LogP contribution in [0.1, 0.15) is 17.4 Å². The Morgan fingerprint density at radius 2 is 2.00 bits per heavy atom. The molecule has 4 rings (SSSR count). The third-order valence-corrected chi connectivity index (χ3v) is 5.29. The van der Waals surface area contributed by atoms with Gasteiger partial charge in [-0.3, -0.25) is 19.6 Å². The zero-order valence-corrected chi connectivity index (χ0v) is 16.7. The van der Waals surface area contributed by atoms with Crippen molar-refractivity contribution in [2.45, 2.75) is 13.5 Å². The van der Waals surface area contributed by atoms with Crippen LogP contribution in [0.4, 0.5) is 9.52 Å². The summed E-state index contributed by atoms with van der Waals surface area (Å²) < 4.78 is 14.7. The van der Waals surface area contributed by atoms with E-state index in [1.807, 2.05) is 6.92 Å². The number of hydrogen-bond acceptors (Lipinski definition) is 5. The molecule has 0 aliphatic heterocycles. The summed E-state index contributed by atoms with van der Waals surface area (Å²) in [5.74, 6) is -0.994. The summed E-state index contributed by atoms with van der Waals surface area (Å²) in [6, 6.07) is 10.8. The Morgan fingerprint density at radius 1 is 1.24 bits per heavy atom. The first-order valence-corrected chi connectivity index (χ1v) is 9.95. The maximum absolute atomic E-state index is 13.1. The topological polar surface area (TPSA) is 76.9 Å². The summed E-state index contributed by atoms with van der Waals surface area (Å²) in [6.07, 6.45) is 0. The second-order valence-corrected chi connectivity index (χ2v) is 7.45. The van der Waals surface area contributed by atoms with Crippen LogP contribution < -0.4 is 10.7 Å². The average Bonchev–Trinajstić information content (AvgIpc) is 3.17. The third kappa shape index (κ3) is 3.76. The highest BCUT2D eigenvalue weighted by Crippen LogP contribution is 2.25. The number of anilines is 1. The normalized spacial score (nSPS) is 11.0. The fourth-order valence-electron chi connectivity index (χ4n) is 2.89. The van der Waals surface area contributed by atoms with E-state index in [0.29, 0.717) is 33.3 Å². The molecule has 2 aromatic carbocycles. The highest BCUT2D eigenvalue weighted by atomic mass is 35.5. The monoisotopic (exact) mass is 428 g/mol. The highest BCUT2D eigenvalue weighted by Gasteiger charge is 2.19. The number of halogens is 2. The molecule has 9 heteroatoms. The van der Waals surface area contributed by atoms with Gasteiger partial charge in [-0.2, -0.15) is 5.10 Å². The Hall–Kier alpha value is -3.10. The number of nitrogens with zero attached hydrogens (tertiary/aromatic N) is 3. The summed E-state index contributed by atoms with van der Waals surface area (Å²) in [4.78, 5) is 29.8. The number of fused-ring (bicyclic) bond motifs is 1. The van der Waals surface area contributed by atoms with Gasteiger partial charge in [-0.25, -0.2) is 9.37 Å².